The Morgan fingerprint density at radius 3 is 2.81 bits per heavy atom. The summed E-state index contributed by atoms with van der Waals surface area (Å²) in [7, 11) is 0. The molecule has 1 aromatic carbocycles. The molecular formula is C13H19N3. The van der Waals surface area contributed by atoms with Gasteiger partial charge < -0.3 is 10.7 Å². The molecule has 1 aromatic heterocycles. The Labute approximate surface area is 96.1 Å². The topological polar surface area (TPSA) is 54.7 Å². The van der Waals surface area contributed by atoms with E-state index in [2.05, 4.69) is 35.9 Å². The summed E-state index contributed by atoms with van der Waals surface area (Å²) in [4.78, 5) is 7.98. The van der Waals surface area contributed by atoms with E-state index in [0.29, 0.717) is 0 Å². The second kappa shape index (κ2) is 4.26. The van der Waals surface area contributed by atoms with Gasteiger partial charge in [-0.1, -0.05) is 6.07 Å². The van der Waals surface area contributed by atoms with Gasteiger partial charge in [-0.25, -0.2) is 4.98 Å². The number of imidazole rings is 1. The Bertz CT molecular complexity index is 497. The summed E-state index contributed by atoms with van der Waals surface area (Å²) in [5.41, 5.74) is 10.5. The predicted octanol–water partition coefficient (Wildman–Crippen LogP) is 2.46. The lowest BCUT2D eigenvalue weighted by molar-refractivity contribution is 0.652. The van der Waals surface area contributed by atoms with E-state index in [-0.39, 0.29) is 6.04 Å². The molecule has 0 bridgehead atoms. The zero-order valence-corrected chi connectivity index (χ0v) is 10.2. The largest absolute Gasteiger partial charge is 0.342 e. The molecule has 0 aliphatic carbocycles. The normalized spacial score (nSPS) is 13.2. The number of hydrogen-bond acceptors (Lipinski definition) is 2. The average molecular weight is 217 g/mol. The second-order valence-electron chi connectivity index (χ2n) is 4.68. The molecule has 1 heterocycles. The lowest BCUT2D eigenvalue weighted by Crippen LogP contribution is -2.15. The van der Waals surface area contributed by atoms with Crippen molar-refractivity contribution in [3.05, 3.63) is 29.1 Å². The van der Waals surface area contributed by atoms with E-state index in [1.54, 1.807) is 0 Å². The van der Waals surface area contributed by atoms with Gasteiger partial charge in [-0.2, -0.15) is 0 Å². The first-order valence-corrected chi connectivity index (χ1v) is 5.77. The lowest BCUT2D eigenvalue weighted by Gasteiger charge is -2.00. The highest BCUT2D eigenvalue weighted by atomic mass is 14.9. The Kier molecular flexibility index (Phi) is 2.97. The molecule has 1 atom stereocenters. The van der Waals surface area contributed by atoms with Crippen LogP contribution in [-0.4, -0.2) is 16.0 Å². The number of nitrogens with zero attached hydrogens (tertiary/aromatic N) is 1. The molecule has 0 radical (unpaired) electrons. The maximum absolute atomic E-state index is 5.75. The van der Waals surface area contributed by atoms with Gasteiger partial charge in [-0.15, -0.1) is 0 Å². The van der Waals surface area contributed by atoms with Gasteiger partial charge in [0, 0.05) is 12.5 Å². The number of aryl methyl sites for hydroxylation is 3. The number of aromatic amines is 1. The van der Waals surface area contributed by atoms with Crippen molar-refractivity contribution in [1.82, 2.24) is 9.97 Å². The van der Waals surface area contributed by atoms with Crippen LogP contribution >= 0.6 is 0 Å². The van der Waals surface area contributed by atoms with Crippen molar-refractivity contribution in [2.24, 2.45) is 5.73 Å². The van der Waals surface area contributed by atoms with E-state index >= 15 is 0 Å². The molecule has 86 valence electrons. The van der Waals surface area contributed by atoms with Gasteiger partial charge >= 0.3 is 0 Å². The number of fused-ring (bicyclic) bond motifs is 1. The minimum absolute atomic E-state index is 0.232. The SMILES string of the molecule is Cc1cc(C)c2nc(CCC(C)N)[nH]c2c1. The third kappa shape index (κ3) is 2.25. The highest BCUT2D eigenvalue weighted by Crippen LogP contribution is 2.18. The number of nitrogens with two attached hydrogens (primary N) is 1. The molecule has 1 unspecified atom stereocenters. The molecule has 0 amide bonds. The number of benzene rings is 1. The fourth-order valence-electron chi connectivity index (χ4n) is 2.00. The Hall–Kier alpha value is -1.35. The molecule has 0 spiro atoms. The van der Waals surface area contributed by atoms with Crippen LogP contribution in [0.4, 0.5) is 0 Å². The van der Waals surface area contributed by atoms with Gasteiger partial charge in [-0.3, -0.25) is 0 Å². The van der Waals surface area contributed by atoms with Crippen LogP contribution in [0.5, 0.6) is 0 Å². The molecule has 0 aliphatic rings. The summed E-state index contributed by atoms with van der Waals surface area (Å²) in [5, 5.41) is 0. The van der Waals surface area contributed by atoms with Crippen molar-refractivity contribution in [1.29, 1.82) is 0 Å². The molecule has 3 N–H and O–H groups in total. The van der Waals surface area contributed by atoms with Crippen molar-refractivity contribution in [2.75, 3.05) is 0 Å². The van der Waals surface area contributed by atoms with Crippen molar-refractivity contribution < 1.29 is 0 Å². The quantitative estimate of drug-likeness (QED) is 0.829. The highest BCUT2D eigenvalue weighted by Gasteiger charge is 2.06. The van der Waals surface area contributed by atoms with E-state index in [4.69, 9.17) is 5.73 Å². The van der Waals surface area contributed by atoms with Gasteiger partial charge in [0.15, 0.2) is 0 Å². The van der Waals surface area contributed by atoms with Crippen LogP contribution in [0.25, 0.3) is 11.0 Å². The summed E-state index contributed by atoms with van der Waals surface area (Å²) in [6.45, 7) is 6.23. The van der Waals surface area contributed by atoms with Gasteiger partial charge in [-0.05, 0) is 44.4 Å². The van der Waals surface area contributed by atoms with E-state index in [9.17, 15) is 0 Å². The Morgan fingerprint density at radius 1 is 1.38 bits per heavy atom. The molecule has 0 saturated carbocycles. The van der Waals surface area contributed by atoms with E-state index in [1.165, 1.54) is 11.1 Å². The monoisotopic (exact) mass is 217 g/mol. The zero-order valence-electron chi connectivity index (χ0n) is 10.2. The van der Waals surface area contributed by atoms with Gasteiger partial charge in [0.05, 0.1) is 11.0 Å². The van der Waals surface area contributed by atoms with Gasteiger partial charge in [0.25, 0.3) is 0 Å². The molecule has 16 heavy (non-hydrogen) atoms. The van der Waals surface area contributed by atoms with E-state index < -0.39 is 0 Å². The van der Waals surface area contributed by atoms with Crippen LogP contribution in [0.15, 0.2) is 12.1 Å². The number of H-pyrrole nitrogens is 1. The van der Waals surface area contributed by atoms with Crippen LogP contribution in [0, 0.1) is 13.8 Å². The third-order valence-electron chi connectivity index (χ3n) is 2.81. The number of nitrogens with one attached hydrogen (secondary N) is 1. The molecule has 0 saturated heterocycles. The Balaban J connectivity index is 2.33. The summed E-state index contributed by atoms with van der Waals surface area (Å²) in [6.07, 6.45) is 1.89. The standard InChI is InChI=1S/C13H19N3/c1-8-6-9(2)13-11(7-8)15-12(16-13)5-4-10(3)14/h6-7,10H,4-5,14H2,1-3H3,(H,15,16). The first-order valence-electron chi connectivity index (χ1n) is 5.77. The smallest absolute Gasteiger partial charge is 0.107 e. The highest BCUT2D eigenvalue weighted by molar-refractivity contribution is 5.79. The lowest BCUT2D eigenvalue weighted by atomic mass is 10.1. The molecule has 3 heteroatoms. The van der Waals surface area contributed by atoms with Crippen LogP contribution in [-0.2, 0) is 6.42 Å². The summed E-state index contributed by atoms with van der Waals surface area (Å²) < 4.78 is 0. The van der Waals surface area contributed by atoms with Crippen molar-refractivity contribution in [3.8, 4) is 0 Å². The number of aromatic nitrogens is 2. The van der Waals surface area contributed by atoms with Gasteiger partial charge in [0.1, 0.15) is 5.82 Å². The van der Waals surface area contributed by atoms with Crippen molar-refractivity contribution in [2.45, 2.75) is 39.7 Å². The summed E-state index contributed by atoms with van der Waals surface area (Å²) >= 11 is 0. The fourth-order valence-corrected chi connectivity index (χ4v) is 2.00. The Morgan fingerprint density at radius 2 is 2.12 bits per heavy atom. The zero-order chi connectivity index (χ0) is 11.7. The summed E-state index contributed by atoms with van der Waals surface area (Å²) in [6, 6.07) is 4.54. The fraction of sp³-hybridized carbons (Fsp3) is 0.462. The van der Waals surface area contributed by atoms with Crippen LogP contribution in [0.2, 0.25) is 0 Å². The molecule has 0 aliphatic heterocycles. The van der Waals surface area contributed by atoms with Crippen molar-refractivity contribution >= 4 is 11.0 Å². The number of rotatable bonds is 3. The van der Waals surface area contributed by atoms with Crippen LogP contribution < -0.4 is 5.73 Å². The molecule has 3 nitrogen and oxygen atoms in total. The molecular weight excluding hydrogens is 198 g/mol. The van der Waals surface area contributed by atoms with Crippen LogP contribution in [0.1, 0.15) is 30.3 Å². The minimum Gasteiger partial charge on any atom is -0.342 e. The average Bonchev–Trinajstić information content (AvgIpc) is 2.57. The third-order valence-corrected chi connectivity index (χ3v) is 2.81. The van der Waals surface area contributed by atoms with E-state index in [1.807, 2.05) is 6.92 Å². The van der Waals surface area contributed by atoms with Crippen molar-refractivity contribution in [3.63, 3.8) is 0 Å². The first kappa shape index (κ1) is 11.1. The van der Waals surface area contributed by atoms with Crippen LogP contribution in [0.3, 0.4) is 0 Å². The first-order chi connectivity index (χ1) is 7.56. The maximum atomic E-state index is 5.75. The number of hydrogen-bond donors (Lipinski definition) is 2. The molecule has 2 rings (SSSR count). The molecule has 2 aromatic rings. The minimum atomic E-state index is 0.232. The predicted molar refractivity (Wildman–Crippen MR) is 67.5 cm³/mol. The summed E-state index contributed by atoms with van der Waals surface area (Å²) in [5.74, 6) is 1.04. The van der Waals surface area contributed by atoms with Gasteiger partial charge in [0.2, 0.25) is 0 Å². The second-order valence-corrected chi connectivity index (χ2v) is 4.68. The molecule has 0 fully saturated rings. The maximum Gasteiger partial charge on any atom is 0.107 e. The van der Waals surface area contributed by atoms with E-state index in [0.717, 1.165) is 29.7 Å².